The summed E-state index contributed by atoms with van der Waals surface area (Å²) in [4.78, 5) is 28.7. The topological polar surface area (TPSA) is 136 Å². The zero-order valence-electron chi connectivity index (χ0n) is 17.9. The number of amides is 2. The first kappa shape index (κ1) is 21.3. The molecule has 0 bridgehead atoms. The number of nitrogens with one attached hydrogen (secondary N) is 1. The molecule has 0 radical (unpaired) electrons. The summed E-state index contributed by atoms with van der Waals surface area (Å²) in [5.74, 6) is -0.173. The molecule has 0 spiro atoms. The van der Waals surface area contributed by atoms with Crippen molar-refractivity contribution in [1.29, 1.82) is 5.26 Å². The normalized spacial score (nSPS) is 18.4. The zero-order chi connectivity index (χ0) is 22.8. The molecule has 9 nitrogen and oxygen atoms in total. The number of benzene rings is 1. The van der Waals surface area contributed by atoms with E-state index in [1.54, 1.807) is 48.3 Å². The molecule has 3 N–H and O–H groups in total. The lowest BCUT2D eigenvalue weighted by atomic mass is 9.77. The van der Waals surface area contributed by atoms with Gasteiger partial charge < -0.3 is 15.8 Å². The SMILES string of the molecule is C[C@@H](CC1CC(NC(=O)c2cccc(C#N)c2)C1)Oc1nc2c(cnn2C)cc1C(N)=O. The Kier molecular flexibility index (Phi) is 5.77. The van der Waals surface area contributed by atoms with Gasteiger partial charge in [-0.25, -0.2) is 0 Å². The molecule has 2 aromatic heterocycles. The van der Waals surface area contributed by atoms with Gasteiger partial charge in [-0.05, 0) is 56.4 Å². The Balaban J connectivity index is 1.32. The first-order valence-electron chi connectivity index (χ1n) is 10.4. The molecule has 2 amide bonds. The van der Waals surface area contributed by atoms with Crippen LogP contribution in [-0.2, 0) is 7.05 Å². The van der Waals surface area contributed by atoms with E-state index in [2.05, 4.69) is 15.4 Å². The van der Waals surface area contributed by atoms with E-state index in [4.69, 9.17) is 15.7 Å². The largest absolute Gasteiger partial charge is 0.474 e. The van der Waals surface area contributed by atoms with Gasteiger partial charge in [0.2, 0.25) is 5.88 Å². The minimum atomic E-state index is -0.600. The zero-order valence-corrected chi connectivity index (χ0v) is 17.9. The number of hydrogen-bond donors (Lipinski definition) is 2. The van der Waals surface area contributed by atoms with Gasteiger partial charge in [0.1, 0.15) is 5.56 Å². The van der Waals surface area contributed by atoms with Crippen molar-refractivity contribution in [3.63, 3.8) is 0 Å². The molecular formula is C23H24N6O3. The third-order valence-electron chi connectivity index (χ3n) is 5.74. The van der Waals surface area contributed by atoms with Crippen LogP contribution in [0.4, 0.5) is 0 Å². The van der Waals surface area contributed by atoms with E-state index >= 15 is 0 Å². The maximum atomic E-state index is 12.4. The maximum absolute atomic E-state index is 12.4. The molecular weight excluding hydrogens is 408 g/mol. The van der Waals surface area contributed by atoms with Crippen LogP contribution >= 0.6 is 0 Å². The molecule has 0 aliphatic heterocycles. The highest BCUT2D eigenvalue weighted by molar-refractivity contribution is 5.98. The average Bonchev–Trinajstić information content (AvgIpc) is 3.11. The second-order valence-corrected chi connectivity index (χ2v) is 8.25. The van der Waals surface area contributed by atoms with Crippen molar-refractivity contribution in [2.75, 3.05) is 0 Å². The van der Waals surface area contributed by atoms with Gasteiger partial charge in [-0.15, -0.1) is 0 Å². The van der Waals surface area contributed by atoms with Crippen LogP contribution in [0, 0.1) is 17.2 Å². The maximum Gasteiger partial charge on any atom is 0.254 e. The summed E-state index contributed by atoms with van der Waals surface area (Å²) in [5, 5.41) is 16.9. The van der Waals surface area contributed by atoms with Gasteiger partial charge in [0.25, 0.3) is 11.8 Å². The van der Waals surface area contributed by atoms with Crippen molar-refractivity contribution in [1.82, 2.24) is 20.1 Å². The van der Waals surface area contributed by atoms with Gasteiger partial charge in [0.15, 0.2) is 5.65 Å². The van der Waals surface area contributed by atoms with Crippen LogP contribution in [0.15, 0.2) is 36.5 Å². The van der Waals surface area contributed by atoms with Gasteiger partial charge in [-0.2, -0.15) is 15.3 Å². The number of nitriles is 1. The summed E-state index contributed by atoms with van der Waals surface area (Å²) in [7, 11) is 1.77. The van der Waals surface area contributed by atoms with E-state index in [0.29, 0.717) is 22.7 Å². The smallest absolute Gasteiger partial charge is 0.254 e. The molecule has 1 aliphatic rings. The van der Waals surface area contributed by atoms with Gasteiger partial charge in [0, 0.05) is 24.0 Å². The number of carbonyl (C=O) groups is 2. The van der Waals surface area contributed by atoms with Gasteiger partial charge in [-0.3, -0.25) is 14.3 Å². The van der Waals surface area contributed by atoms with E-state index in [9.17, 15) is 9.59 Å². The molecule has 1 aromatic carbocycles. The fourth-order valence-corrected chi connectivity index (χ4v) is 4.08. The number of pyridine rings is 1. The Morgan fingerprint density at radius 1 is 1.38 bits per heavy atom. The van der Waals surface area contributed by atoms with Crippen LogP contribution in [0.25, 0.3) is 11.0 Å². The van der Waals surface area contributed by atoms with Crippen LogP contribution in [0.3, 0.4) is 0 Å². The van der Waals surface area contributed by atoms with Crippen molar-refractivity contribution in [3.05, 3.63) is 53.2 Å². The predicted octanol–water partition coefficient (Wildman–Crippen LogP) is 2.30. The van der Waals surface area contributed by atoms with Crippen molar-refractivity contribution < 1.29 is 14.3 Å². The molecule has 0 saturated heterocycles. The molecule has 32 heavy (non-hydrogen) atoms. The first-order chi connectivity index (χ1) is 15.3. The highest BCUT2D eigenvalue weighted by Gasteiger charge is 2.32. The highest BCUT2D eigenvalue weighted by Crippen LogP contribution is 2.33. The molecule has 9 heteroatoms. The van der Waals surface area contributed by atoms with Gasteiger partial charge >= 0.3 is 0 Å². The molecule has 3 aromatic rings. The fraction of sp³-hybridized carbons (Fsp3) is 0.348. The van der Waals surface area contributed by atoms with E-state index in [-0.39, 0.29) is 29.5 Å². The molecule has 1 aliphatic carbocycles. The average molecular weight is 432 g/mol. The van der Waals surface area contributed by atoms with Crippen molar-refractivity contribution in [3.8, 4) is 11.9 Å². The first-order valence-corrected chi connectivity index (χ1v) is 10.4. The molecule has 164 valence electrons. The van der Waals surface area contributed by atoms with Crippen LogP contribution in [0.5, 0.6) is 5.88 Å². The van der Waals surface area contributed by atoms with Crippen molar-refractivity contribution >= 4 is 22.8 Å². The number of aryl methyl sites for hydroxylation is 1. The van der Waals surface area contributed by atoms with Crippen LogP contribution < -0.4 is 15.8 Å². The molecule has 4 rings (SSSR count). The lowest BCUT2D eigenvalue weighted by Crippen LogP contribution is -2.45. The Labute approximate surface area is 185 Å². The van der Waals surface area contributed by atoms with Crippen LogP contribution in [-0.4, -0.2) is 38.7 Å². The molecule has 1 fully saturated rings. The minimum absolute atomic E-state index is 0.0931. The Bertz CT molecular complexity index is 1220. The second kappa shape index (κ2) is 8.67. The quantitative estimate of drug-likeness (QED) is 0.588. The fourth-order valence-electron chi connectivity index (χ4n) is 4.08. The monoisotopic (exact) mass is 432 g/mol. The predicted molar refractivity (Wildman–Crippen MR) is 117 cm³/mol. The number of primary amides is 1. The standard InChI is InChI=1S/C23H24N6O3/c1-13(32-23-19(20(25)30)10-17-12-26-29(2)21(17)28-23)6-15-8-18(9-15)27-22(31)16-5-3-4-14(7-16)11-24/h3-5,7,10,12-13,15,18H,6,8-9H2,1-2H3,(H2,25,30)(H,27,31)/t13-,15?,18?/m0/s1. The van der Waals surface area contributed by atoms with Crippen LogP contribution in [0.1, 0.15) is 52.5 Å². The van der Waals surface area contributed by atoms with Crippen LogP contribution in [0.2, 0.25) is 0 Å². The summed E-state index contributed by atoms with van der Waals surface area (Å²) in [6.45, 7) is 1.93. The number of ether oxygens (including phenoxy) is 1. The summed E-state index contributed by atoms with van der Waals surface area (Å²) in [5.41, 5.74) is 7.31. The van der Waals surface area contributed by atoms with Gasteiger partial charge in [0.05, 0.1) is 23.9 Å². The Morgan fingerprint density at radius 2 is 2.16 bits per heavy atom. The number of hydrogen-bond acceptors (Lipinski definition) is 6. The minimum Gasteiger partial charge on any atom is -0.474 e. The van der Waals surface area contributed by atoms with E-state index < -0.39 is 5.91 Å². The third kappa shape index (κ3) is 4.39. The second-order valence-electron chi connectivity index (χ2n) is 8.25. The number of nitrogens with two attached hydrogens (primary N) is 1. The number of rotatable bonds is 7. The Morgan fingerprint density at radius 3 is 2.88 bits per heavy atom. The van der Waals surface area contributed by atoms with E-state index in [1.165, 1.54) is 0 Å². The summed E-state index contributed by atoms with van der Waals surface area (Å²) in [6.07, 6.45) is 3.89. The molecule has 2 heterocycles. The number of carbonyl (C=O) groups excluding carboxylic acids is 2. The number of aromatic nitrogens is 3. The van der Waals surface area contributed by atoms with E-state index in [0.717, 1.165) is 24.6 Å². The lowest BCUT2D eigenvalue weighted by molar-refractivity contribution is 0.0847. The number of fused-ring (bicyclic) bond motifs is 1. The summed E-state index contributed by atoms with van der Waals surface area (Å²) >= 11 is 0. The molecule has 1 saturated carbocycles. The van der Waals surface area contributed by atoms with Crippen molar-refractivity contribution in [2.24, 2.45) is 18.7 Å². The highest BCUT2D eigenvalue weighted by atomic mass is 16.5. The molecule has 1 atom stereocenters. The molecule has 0 unspecified atom stereocenters. The number of nitrogens with zero attached hydrogens (tertiary/aromatic N) is 4. The summed E-state index contributed by atoms with van der Waals surface area (Å²) < 4.78 is 7.60. The lowest BCUT2D eigenvalue weighted by Gasteiger charge is -2.37. The van der Waals surface area contributed by atoms with E-state index in [1.807, 2.05) is 13.0 Å². The van der Waals surface area contributed by atoms with Crippen molar-refractivity contribution in [2.45, 2.75) is 38.3 Å². The Hall–Kier alpha value is -3.93. The van der Waals surface area contributed by atoms with Gasteiger partial charge in [-0.1, -0.05) is 6.07 Å². The third-order valence-corrected chi connectivity index (χ3v) is 5.74. The summed E-state index contributed by atoms with van der Waals surface area (Å²) in [6, 6.07) is 10.4.